The molecule has 2 rings (SSSR count). The first kappa shape index (κ1) is 16.2. The number of amides is 1. The average Bonchev–Trinajstić information content (AvgIpc) is 2.55. The van der Waals surface area contributed by atoms with E-state index in [0.717, 1.165) is 11.6 Å². The molecule has 0 aliphatic rings. The van der Waals surface area contributed by atoms with Crippen LogP contribution in [-0.2, 0) is 9.53 Å². The number of ether oxygens (including phenoxy) is 1. The van der Waals surface area contributed by atoms with Gasteiger partial charge in [0.25, 0.3) is 11.6 Å². The van der Waals surface area contributed by atoms with Crippen LogP contribution in [0.15, 0.2) is 48.5 Å². The average molecular weight is 314 g/mol. The van der Waals surface area contributed by atoms with Gasteiger partial charge in [0.15, 0.2) is 6.61 Å². The quantitative estimate of drug-likeness (QED) is 0.519. The van der Waals surface area contributed by atoms with E-state index in [4.69, 9.17) is 4.74 Å². The monoisotopic (exact) mass is 314 g/mol. The first-order valence-corrected chi connectivity index (χ1v) is 6.74. The van der Waals surface area contributed by atoms with Crippen LogP contribution in [0, 0.1) is 17.0 Å². The van der Waals surface area contributed by atoms with Crippen LogP contribution < -0.4 is 5.32 Å². The SMILES string of the molecule is Cc1ccc(NC(=O)COC(=O)c2cccc([N+](=O)[O-])c2)cc1. The summed E-state index contributed by atoms with van der Waals surface area (Å²) in [7, 11) is 0. The number of nitro groups is 1. The van der Waals surface area contributed by atoms with Gasteiger partial charge in [-0.2, -0.15) is 0 Å². The number of esters is 1. The number of aryl methyl sites for hydroxylation is 1. The molecule has 0 bridgehead atoms. The second-order valence-corrected chi connectivity index (χ2v) is 4.80. The standard InChI is InChI=1S/C16H14N2O5/c1-11-5-7-13(8-6-11)17-15(19)10-23-16(20)12-3-2-4-14(9-12)18(21)22/h2-9H,10H2,1H3,(H,17,19). The molecule has 0 aliphatic heterocycles. The van der Waals surface area contributed by atoms with Crippen molar-refractivity contribution in [3.05, 3.63) is 69.8 Å². The molecular formula is C16H14N2O5. The Bertz CT molecular complexity index is 740. The van der Waals surface area contributed by atoms with Crippen molar-refractivity contribution in [1.29, 1.82) is 0 Å². The summed E-state index contributed by atoms with van der Waals surface area (Å²) in [5.41, 5.74) is 1.44. The highest BCUT2D eigenvalue weighted by Crippen LogP contribution is 2.14. The number of hydrogen-bond acceptors (Lipinski definition) is 5. The highest BCUT2D eigenvalue weighted by Gasteiger charge is 2.14. The topological polar surface area (TPSA) is 98.5 Å². The van der Waals surface area contributed by atoms with E-state index in [1.54, 1.807) is 12.1 Å². The maximum atomic E-state index is 11.8. The Morgan fingerprint density at radius 2 is 1.87 bits per heavy atom. The Hall–Kier alpha value is -3.22. The van der Waals surface area contributed by atoms with E-state index in [9.17, 15) is 19.7 Å². The zero-order chi connectivity index (χ0) is 16.8. The molecule has 0 fully saturated rings. The van der Waals surface area contributed by atoms with Crippen LogP contribution in [0.2, 0.25) is 0 Å². The normalized spacial score (nSPS) is 9.96. The van der Waals surface area contributed by atoms with Gasteiger partial charge >= 0.3 is 5.97 Å². The van der Waals surface area contributed by atoms with Crippen LogP contribution in [0.3, 0.4) is 0 Å². The molecule has 1 amide bonds. The molecular weight excluding hydrogens is 300 g/mol. The van der Waals surface area contributed by atoms with Gasteiger partial charge in [0.2, 0.25) is 0 Å². The third kappa shape index (κ3) is 4.63. The number of carbonyl (C=O) groups excluding carboxylic acids is 2. The van der Waals surface area contributed by atoms with Crippen molar-refractivity contribution in [2.45, 2.75) is 6.92 Å². The Kier molecular flexibility index (Phi) is 5.03. The predicted octanol–water partition coefficient (Wildman–Crippen LogP) is 2.70. The van der Waals surface area contributed by atoms with Crippen LogP contribution in [-0.4, -0.2) is 23.4 Å². The van der Waals surface area contributed by atoms with E-state index in [1.807, 2.05) is 19.1 Å². The number of anilines is 1. The maximum absolute atomic E-state index is 11.8. The number of nitrogens with one attached hydrogen (secondary N) is 1. The van der Waals surface area contributed by atoms with Crippen LogP contribution in [0.25, 0.3) is 0 Å². The smallest absolute Gasteiger partial charge is 0.338 e. The van der Waals surface area contributed by atoms with E-state index in [-0.39, 0.29) is 11.3 Å². The van der Waals surface area contributed by atoms with Gasteiger partial charge in [0, 0.05) is 17.8 Å². The number of non-ortho nitro benzene ring substituents is 1. The van der Waals surface area contributed by atoms with E-state index in [0.29, 0.717) is 5.69 Å². The van der Waals surface area contributed by atoms with Crippen molar-refractivity contribution in [3.8, 4) is 0 Å². The number of nitrogens with zero attached hydrogens (tertiary/aromatic N) is 1. The second kappa shape index (κ2) is 7.17. The summed E-state index contributed by atoms with van der Waals surface area (Å²) < 4.78 is 4.85. The molecule has 7 heteroatoms. The summed E-state index contributed by atoms with van der Waals surface area (Å²) in [5.74, 6) is -1.29. The van der Waals surface area contributed by atoms with Crippen LogP contribution in [0.4, 0.5) is 11.4 Å². The second-order valence-electron chi connectivity index (χ2n) is 4.80. The third-order valence-electron chi connectivity index (χ3n) is 2.96. The molecule has 0 unspecified atom stereocenters. The van der Waals surface area contributed by atoms with Crippen molar-refractivity contribution < 1.29 is 19.2 Å². The molecule has 0 aromatic heterocycles. The Morgan fingerprint density at radius 3 is 2.52 bits per heavy atom. The molecule has 0 spiro atoms. The van der Waals surface area contributed by atoms with Gasteiger partial charge in [0.05, 0.1) is 10.5 Å². The first-order chi connectivity index (χ1) is 11.0. The van der Waals surface area contributed by atoms with E-state index >= 15 is 0 Å². The number of benzene rings is 2. The van der Waals surface area contributed by atoms with Crippen LogP contribution >= 0.6 is 0 Å². The van der Waals surface area contributed by atoms with E-state index in [1.165, 1.54) is 18.2 Å². The molecule has 2 aromatic carbocycles. The summed E-state index contributed by atoms with van der Waals surface area (Å²) in [5, 5.41) is 13.2. The van der Waals surface area contributed by atoms with E-state index < -0.39 is 23.4 Å². The zero-order valence-corrected chi connectivity index (χ0v) is 12.3. The molecule has 23 heavy (non-hydrogen) atoms. The lowest BCUT2D eigenvalue weighted by Crippen LogP contribution is -2.20. The molecule has 7 nitrogen and oxygen atoms in total. The van der Waals surface area contributed by atoms with Gasteiger partial charge in [-0.05, 0) is 25.1 Å². The van der Waals surface area contributed by atoms with Gasteiger partial charge in [0.1, 0.15) is 0 Å². The minimum Gasteiger partial charge on any atom is -0.452 e. The molecule has 0 aliphatic carbocycles. The highest BCUT2D eigenvalue weighted by atomic mass is 16.6. The molecule has 2 aromatic rings. The highest BCUT2D eigenvalue weighted by molar-refractivity contribution is 5.95. The number of rotatable bonds is 5. The number of nitro benzene ring substituents is 1. The lowest BCUT2D eigenvalue weighted by molar-refractivity contribution is -0.384. The van der Waals surface area contributed by atoms with Crippen molar-refractivity contribution in [2.24, 2.45) is 0 Å². The molecule has 0 saturated heterocycles. The fourth-order valence-electron chi connectivity index (χ4n) is 1.79. The predicted molar refractivity (Wildman–Crippen MR) is 83.2 cm³/mol. The fourth-order valence-corrected chi connectivity index (χ4v) is 1.79. The molecule has 0 radical (unpaired) electrons. The molecule has 0 atom stereocenters. The van der Waals surface area contributed by atoms with Gasteiger partial charge in [-0.3, -0.25) is 14.9 Å². The molecule has 118 valence electrons. The molecule has 0 saturated carbocycles. The van der Waals surface area contributed by atoms with Gasteiger partial charge in [-0.15, -0.1) is 0 Å². The van der Waals surface area contributed by atoms with Crippen LogP contribution in [0.1, 0.15) is 15.9 Å². The Balaban J connectivity index is 1.91. The number of hydrogen-bond donors (Lipinski definition) is 1. The Morgan fingerprint density at radius 1 is 1.17 bits per heavy atom. The minimum absolute atomic E-state index is 0.0161. The van der Waals surface area contributed by atoms with Gasteiger partial charge < -0.3 is 10.1 Å². The molecule has 1 N–H and O–H groups in total. The lowest BCUT2D eigenvalue weighted by Gasteiger charge is -2.07. The summed E-state index contributed by atoms with van der Waals surface area (Å²) in [6.45, 7) is 1.45. The maximum Gasteiger partial charge on any atom is 0.338 e. The summed E-state index contributed by atoms with van der Waals surface area (Å²) >= 11 is 0. The van der Waals surface area contributed by atoms with Crippen molar-refractivity contribution in [1.82, 2.24) is 0 Å². The lowest BCUT2D eigenvalue weighted by atomic mass is 10.2. The first-order valence-electron chi connectivity index (χ1n) is 6.74. The van der Waals surface area contributed by atoms with Gasteiger partial charge in [-0.1, -0.05) is 23.8 Å². The van der Waals surface area contributed by atoms with Crippen LogP contribution in [0.5, 0.6) is 0 Å². The molecule has 0 heterocycles. The van der Waals surface area contributed by atoms with Crippen molar-refractivity contribution in [3.63, 3.8) is 0 Å². The summed E-state index contributed by atoms with van der Waals surface area (Å²) in [6, 6.07) is 12.3. The van der Waals surface area contributed by atoms with E-state index in [2.05, 4.69) is 5.32 Å². The zero-order valence-electron chi connectivity index (χ0n) is 12.3. The van der Waals surface area contributed by atoms with Crippen molar-refractivity contribution in [2.75, 3.05) is 11.9 Å². The third-order valence-corrected chi connectivity index (χ3v) is 2.96. The summed E-state index contributed by atoms with van der Waals surface area (Å²) in [4.78, 5) is 33.6. The minimum atomic E-state index is -0.798. The Labute approximate surface area is 132 Å². The number of carbonyl (C=O) groups is 2. The van der Waals surface area contributed by atoms with Gasteiger partial charge in [-0.25, -0.2) is 4.79 Å². The summed E-state index contributed by atoms with van der Waals surface area (Å²) in [6.07, 6.45) is 0. The fraction of sp³-hybridized carbons (Fsp3) is 0.125. The largest absolute Gasteiger partial charge is 0.452 e. The van der Waals surface area contributed by atoms with Crippen molar-refractivity contribution >= 4 is 23.3 Å².